The van der Waals surface area contributed by atoms with Crippen LogP contribution in [0.5, 0.6) is 0 Å². The predicted octanol–water partition coefficient (Wildman–Crippen LogP) is 0.820. The van der Waals surface area contributed by atoms with Crippen LogP contribution in [0.1, 0.15) is 27.2 Å². The third-order valence-electron chi connectivity index (χ3n) is 3.19. The summed E-state index contributed by atoms with van der Waals surface area (Å²) in [4.78, 5) is 23.8. The van der Waals surface area contributed by atoms with Gasteiger partial charge < -0.3 is 20.4 Å². The Morgan fingerprint density at radius 1 is 1.47 bits per heavy atom. The summed E-state index contributed by atoms with van der Waals surface area (Å²) < 4.78 is 0. The summed E-state index contributed by atoms with van der Waals surface area (Å²) in [6.07, 6.45) is 1.30. The number of aliphatic hydroxyl groups excluding tert-OH is 1. The molecule has 6 nitrogen and oxygen atoms in total. The highest BCUT2D eigenvalue weighted by atomic mass is 16.4. The van der Waals surface area contributed by atoms with Gasteiger partial charge in [-0.05, 0) is 11.8 Å². The molecule has 3 N–H and O–H groups in total. The Bertz CT molecular complexity index is 385. The largest absolute Gasteiger partial charge is 0.479 e. The predicted molar refractivity (Wildman–Crippen MR) is 70.8 cm³/mol. The minimum Gasteiger partial charge on any atom is -0.479 e. The summed E-state index contributed by atoms with van der Waals surface area (Å²) >= 11 is 0. The summed E-state index contributed by atoms with van der Waals surface area (Å²) in [5, 5.41) is 20.0. The molecule has 0 aromatic carbocycles. The van der Waals surface area contributed by atoms with Crippen LogP contribution in [-0.2, 0) is 4.79 Å². The van der Waals surface area contributed by atoms with Gasteiger partial charge in [-0.1, -0.05) is 32.4 Å². The maximum atomic E-state index is 11.8. The summed E-state index contributed by atoms with van der Waals surface area (Å²) in [5.41, 5.74) is 1.43. The van der Waals surface area contributed by atoms with Gasteiger partial charge in [-0.2, -0.15) is 0 Å². The van der Waals surface area contributed by atoms with E-state index in [-0.39, 0.29) is 18.0 Å². The van der Waals surface area contributed by atoms with Crippen LogP contribution in [0.4, 0.5) is 4.79 Å². The average molecular weight is 270 g/mol. The van der Waals surface area contributed by atoms with Crippen LogP contribution in [0, 0.1) is 5.41 Å². The Kier molecular flexibility index (Phi) is 4.94. The molecule has 0 aliphatic carbocycles. The third kappa shape index (κ3) is 4.55. The van der Waals surface area contributed by atoms with Gasteiger partial charge in [0.25, 0.3) is 0 Å². The molecule has 2 amide bonds. The monoisotopic (exact) mass is 270 g/mol. The lowest BCUT2D eigenvalue weighted by atomic mass is 9.83. The van der Waals surface area contributed by atoms with Crippen molar-refractivity contribution in [3.05, 3.63) is 11.6 Å². The molecule has 0 fully saturated rings. The molecule has 0 saturated heterocycles. The Labute approximate surface area is 113 Å². The highest BCUT2D eigenvalue weighted by Crippen LogP contribution is 2.29. The summed E-state index contributed by atoms with van der Waals surface area (Å²) in [7, 11) is 0. The number of carbonyl (C=O) groups is 2. The molecule has 0 radical (unpaired) electrons. The van der Waals surface area contributed by atoms with E-state index >= 15 is 0 Å². The lowest BCUT2D eigenvalue weighted by Gasteiger charge is -2.32. The van der Waals surface area contributed by atoms with E-state index in [1.165, 1.54) is 5.57 Å². The summed E-state index contributed by atoms with van der Waals surface area (Å²) in [5.74, 6) is -1.34. The maximum Gasteiger partial charge on any atom is 0.334 e. The molecular formula is C13H22N2O4. The molecule has 0 aromatic rings. The van der Waals surface area contributed by atoms with E-state index in [4.69, 9.17) is 10.2 Å². The Morgan fingerprint density at radius 2 is 2.11 bits per heavy atom. The second-order valence-electron chi connectivity index (χ2n) is 5.72. The molecule has 6 heteroatoms. The quantitative estimate of drug-likeness (QED) is 0.662. The molecule has 108 valence electrons. The van der Waals surface area contributed by atoms with E-state index in [9.17, 15) is 9.59 Å². The van der Waals surface area contributed by atoms with Gasteiger partial charge in [-0.3, -0.25) is 0 Å². The van der Waals surface area contributed by atoms with Crippen LogP contribution in [0.3, 0.4) is 0 Å². The molecule has 1 unspecified atom stereocenters. The average Bonchev–Trinajstić information content (AvgIpc) is 2.34. The third-order valence-corrected chi connectivity index (χ3v) is 3.19. The van der Waals surface area contributed by atoms with Gasteiger partial charge in [0.2, 0.25) is 0 Å². The van der Waals surface area contributed by atoms with Crippen molar-refractivity contribution in [1.82, 2.24) is 10.2 Å². The lowest BCUT2D eigenvalue weighted by Crippen LogP contribution is -2.46. The van der Waals surface area contributed by atoms with Crippen molar-refractivity contribution < 1.29 is 19.8 Å². The van der Waals surface area contributed by atoms with Gasteiger partial charge in [0.05, 0.1) is 6.54 Å². The van der Waals surface area contributed by atoms with E-state index in [0.29, 0.717) is 13.1 Å². The van der Waals surface area contributed by atoms with Crippen molar-refractivity contribution in [3.8, 4) is 0 Å². The van der Waals surface area contributed by atoms with Crippen LogP contribution in [0.2, 0.25) is 0 Å². The first kappa shape index (κ1) is 15.5. The zero-order valence-electron chi connectivity index (χ0n) is 11.6. The van der Waals surface area contributed by atoms with Gasteiger partial charge in [0, 0.05) is 13.1 Å². The fourth-order valence-electron chi connectivity index (χ4n) is 1.92. The number of carbonyl (C=O) groups excluding carboxylic acids is 1. The number of nitrogens with one attached hydrogen (secondary N) is 1. The first-order valence-electron chi connectivity index (χ1n) is 6.35. The minimum atomic E-state index is -1.56. The van der Waals surface area contributed by atoms with Crippen molar-refractivity contribution in [1.29, 1.82) is 0 Å². The second kappa shape index (κ2) is 6.06. The van der Waals surface area contributed by atoms with Crippen molar-refractivity contribution >= 4 is 12.0 Å². The first-order chi connectivity index (χ1) is 8.71. The molecule has 19 heavy (non-hydrogen) atoms. The fraction of sp³-hybridized carbons (Fsp3) is 0.692. The summed E-state index contributed by atoms with van der Waals surface area (Å²) in [6, 6.07) is -0.343. The van der Waals surface area contributed by atoms with Crippen LogP contribution < -0.4 is 5.32 Å². The van der Waals surface area contributed by atoms with Crippen LogP contribution in [0.15, 0.2) is 11.6 Å². The number of rotatable bonds is 3. The Morgan fingerprint density at radius 3 is 2.53 bits per heavy atom. The lowest BCUT2D eigenvalue weighted by molar-refractivity contribution is -0.146. The van der Waals surface area contributed by atoms with Gasteiger partial charge in [-0.25, -0.2) is 9.59 Å². The zero-order valence-corrected chi connectivity index (χ0v) is 11.6. The highest BCUT2D eigenvalue weighted by Gasteiger charge is 2.24. The van der Waals surface area contributed by atoms with Gasteiger partial charge in [0.15, 0.2) is 6.10 Å². The molecule has 0 aromatic heterocycles. The number of carboxylic acid groups (broad SMARTS) is 1. The zero-order chi connectivity index (χ0) is 14.6. The molecule has 1 rings (SSSR count). The molecule has 0 bridgehead atoms. The number of nitrogens with zero attached hydrogens (tertiary/aromatic N) is 1. The van der Waals surface area contributed by atoms with E-state index in [0.717, 1.165) is 6.42 Å². The second-order valence-corrected chi connectivity index (χ2v) is 5.72. The van der Waals surface area contributed by atoms with Crippen molar-refractivity contribution in [2.75, 3.05) is 19.6 Å². The number of aliphatic hydroxyl groups is 1. The molecule has 1 aliphatic rings. The van der Waals surface area contributed by atoms with Crippen molar-refractivity contribution in [2.45, 2.75) is 33.3 Å². The Hall–Kier alpha value is -1.56. The number of amides is 2. The number of hydrogen-bond donors (Lipinski definition) is 3. The molecule has 0 spiro atoms. The first-order valence-corrected chi connectivity index (χ1v) is 6.35. The number of hydrogen-bond acceptors (Lipinski definition) is 3. The molecular weight excluding hydrogens is 248 g/mol. The van der Waals surface area contributed by atoms with Crippen molar-refractivity contribution in [2.24, 2.45) is 5.41 Å². The van der Waals surface area contributed by atoms with Crippen molar-refractivity contribution in [3.63, 3.8) is 0 Å². The number of aliphatic carboxylic acids is 1. The van der Waals surface area contributed by atoms with Crippen LogP contribution in [-0.4, -0.2) is 52.9 Å². The van der Waals surface area contributed by atoms with Crippen LogP contribution >= 0.6 is 0 Å². The standard InChI is InChI=1S/C13H22N2O4/c1-13(2,3)9-4-6-15(7-5-9)12(19)14-8-10(16)11(17)18/h4,10,16H,5-8H2,1-3H3,(H,14,19)(H,17,18). The van der Waals surface area contributed by atoms with Gasteiger partial charge in [-0.15, -0.1) is 0 Å². The SMILES string of the molecule is CC(C)(C)C1=CCN(C(=O)NCC(O)C(=O)O)CC1. The number of urea groups is 1. The maximum absolute atomic E-state index is 11.8. The van der Waals surface area contributed by atoms with E-state index in [1.807, 2.05) is 6.08 Å². The molecule has 1 aliphatic heterocycles. The molecule has 0 saturated carbocycles. The normalized spacial score (nSPS) is 17.7. The topological polar surface area (TPSA) is 89.9 Å². The van der Waals surface area contributed by atoms with Crippen LogP contribution in [0.25, 0.3) is 0 Å². The minimum absolute atomic E-state index is 0.113. The smallest absolute Gasteiger partial charge is 0.334 e. The summed E-state index contributed by atoms with van der Waals surface area (Å²) in [6.45, 7) is 7.26. The van der Waals surface area contributed by atoms with Gasteiger partial charge >= 0.3 is 12.0 Å². The van der Waals surface area contributed by atoms with Gasteiger partial charge in [0.1, 0.15) is 0 Å². The van der Waals surface area contributed by atoms with E-state index in [1.54, 1.807) is 4.90 Å². The fourth-order valence-corrected chi connectivity index (χ4v) is 1.92. The number of carboxylic acids is 1. The molecule has 1 heterocycles. The van der Waals surface area contributed by atoms with E-state index in [2.05, 4.69) is 26.1 Å². The molecule has 1 atom stereocenters. The Balaban J connectivity index is 2.45. The highest BCUT2D eigenvalue weighted by molar-refractivity contribution is 5.77. The van der Waals surface area contributed by atoms with E-state index < -0.39 is 12.1 Å².